The van der Waals surface area contributed by atoms with E-state index in [4.69, 9.17) is 0 Å². The maximum Gasteiger partial charge on any atom is 0.221 e. The number of carbonyl (C=O) groups is 1. The molecule has 0 bridgehead atoms. The van der Waals surface area contributed by atoms with E-state index in [0.29, 0.717) is 12.5 Å². The molecule has 0 aromatic heterocycles. The van der Waals surface area contributed by atoms with Gasteiger partial charge in [0.05, 0.1) is 0 Å². The zero-order chi connectivity index (χ0) is 10.9. The first-order chi connectivity index (χ1) is 7.33. The normalized spacial score (nSPS) is 21.3. The molecule has 1 amide bonds. The van der Waals surface area contributed by atoms with Crippen molar-refractivity contribution in [2.75, 3.05) is 36.6 Å². The molecule has 0 aliphatic carbocycles. The molecule has 0 spiro atoms. The van der Waals surface area contributed by atoms with E-state index in [9.17, 15) is 4.79 Å². The SMILES string of the molecule is CSCCCNC(=O)CC1CSCCN1. The zero-order valence-electron chi connectivity index (χ0n) is 9.25. The fourth-order valence-corrected chi connectivity index (χ4v) is 2.87. The molecular formula is C10H20N2OS2. The number of hydrogen-bond acceptors (Lipinski definition) is 4. The van der Waals surface area contributed by atoms with Crippen LogP contribution in [0.25, 0.3) is 0 Å². The Kier molecular flexibility index (Phi) is 7.30. The summed E-state index contributed by atoms with van der Waals surface area (Å²) in [5.41, 5.74) is 0. The molecule has 0 aromatic rings. The minimum Gasteiger partial charge on any atom is -0.356 e. The molecule has 1 atom stereocenters. The lowest BCUT2D eigenvalue weighted by Crippen LogP contribution is -2.41. The highest BCUT2D eigenvalue weighted by Gasteiger charge is 2.15. The van der Waals surface area contributed by atoms with E-state index in [1.807, 2.05) is 23.5 Å². The van der Waals surface area contributed by atoms with Gasteiger partial charge in [-0.1, -0.05) is 0 Å². The molecule has 0 aromatic carbocycles. The Balaban J connectivity index is 2.01. The number of amides is 1. The standard InChI is InChI=1S/C10H20N2OS2/c1-14-5-2-3-12-10(13)7-9-8-15-6-4-11-9/h9,11H,2-8H2,1H3,(H,12,13). The number of thioether (sulfide) groups is 2. The zero-order valence-corrected chi connectivity index (χ0v) is 10.9. The Labute approximate surface area is 101 Å². The van der Waals surface area contributed by atoms with Gasteiger partial charge in [-0.2, -0.15) is 23.5 Å². The van der Waals surface area contributed by atoms with Crippen molar-refractivity contribution in [1.82, 2.24) is 10.6 Å². The highest BCUT2D eigenvalue weighted by atomic mass is 32.2. The summed E-state index contributed by atoms with van der Waals surface area (Å²) in [4.78, 5) is 11.5. The summed E-state index contributed by atoms with van der Waals surface area (Å²) in [6, 6.07) is 0.379. The molecule has 88 valence electrons. The van der Waals surface area contributed by atoms with Crippen molar-refractivity contribution < 1.29 is 4.79 Å². The van der Waals surface area contributed by atoms with Gasteiger partial charge in [-0.05, 0) is 18.4 Å². The first kappa shape index (κ1) is 13.2. The van der Waals surface area contributed by atoms with E-state index < -0.39 is 0 Å². The lowest BCUT2D eigenvalue weighted by molar-refractivity contribution is -0.121. The van der Waals surface area contributed by atoms with E-state index in [0.717, 1.165) is 31.0 Å². The number of nitrogens with one attached hydrogen (secondary N) is 2. The third kappa shape index (κ3) is 6.33. The summed E-state index contributed by atoms with van der Waals surface area (Å²) in [6.45, 7) is 1.86. The third-order valence-corrected chi connectivity index (χ3v) is 4.11. The number of hydrogen-bond donors (Lipinski definition) is 2. The van der Waals surface area contributed by atoms with E-state index in [1.165, 1.54) is 5.75 Å². The van der Waals surface area contributed by atoms with Crippen LogP contribution in [0.3, 0.4) is 0 Å². The van der Waals surface area contributed by atoms with Gasteiger partial charge in [0.15, 0.2) is 0 Å². The van der Waals surface area contributed by atoms with Crippen molar-refractivity contribution in [1.29, 1.82) is 0 Å². The molecule has 1 saturated heterocycles. The molecule has 5 heteroatoms. The van der Waals surface area contributed by atoms with Crippen LogP contribution in [-0.4, -0.2) is 48.6 Å². The molecule has 0 radical (unpaired) electrons. The number of carbonyl (C=O) groups excluding carboxylic acids is 1. The molecule has 1 aliphatic rings. The van der Waals surface area contributed by atoms with Crippen LogP contribution in [0.15, 0.2) is 0 Å². The molecule has 1 rings (SSSR count). The van der Waals surface area contributed by atoms with Crippen molar-refractivity contribution >= 4 is 29.4 Å². The number of rotatable bonds is 6. The highest BCUT2D eigenvalue weighted by molar-refractivity contribution is 7.99. The topological polar surface area (TPSA) is 41.1 Å². The first-order valence-electron chi connectivity index (χ1n) is 5.39. The van der Waals surface area contributed by atoms with Crippen molar-refractivity contribution in [2.24, 2.45) is 0 Å². The van der Waals surface area contributed by atoms with Gasteiger partial charge < -0.3 is 10.6 Å². The molecular weight excluding hydrogens is 228 g/mol. The van der Waals surface area contributed by atoms with Crippen molar-refractivity contribution in [2.45, 2.75) is 18.9 Å². The minimum absolute atomic E-state index is 0.191. The van der Waals surface area contributed by atoms with Gasteiger partial charge in [-0.15, -0.1) is 0 Å². The van der Waals surface area contributed by atoms with Gasteiger partial charge >= 0.3 is 0 Å². The second-order valence-corrected chi connectivity index (χ2v) is 5.76. The second kappa shape index (κ2) is 8.30. The largest absolute Gasteiger partial charge is 0.356 e. The average molecular weight is 248 g/mol. The Morgan fingerprint density at radius 3 is 3.20 bits per heavy atom. The summed E-state index contributed by atoms with van der Waals surface area (Å²) in [7, 11) is 0. The molecule has 15 heavy (non-hydrogen) atoms. The minimum atomic E-state index is 0.191. The molecule has 1 fully saturated rings. The third-order valence-electron chi connectivity index (χ3n) is 2.28. The van der Waals surface area contributed by atoms with E-state index in [2.05, 4.69) is 16.9 Å². The highest BCUT2D eigenvalue weighted by Crippen LogP contribution is 2.09. The summed E-state index contributed by atoms with van der Waals surface area (Å²) in [6.07, 6.45) is 3.79. The quantitative estimate of drug-likeness (QED) is 0.687. The van der Waals surface area contributed by atoms with Gasteiger partial charge in [-0.3, -0.25) is 4.79 Å². The predicted molar refractivity (Wildman–Crippen MR) is 69.7 cm³/mol. The molecule has 3 nitrogen and oxygen atoms in total. The van der Waals surface area contributed by atoms with Crippen LogP contribution in [0.2, 0.25) is 0 Å². The lowest BCUT2D eigenvalue weighted by atomic mass is 10.2. The molecule has 1 aliphatic heterocycles. The molecule has 1 heterocycles. The van der Waals surface area contributed by atoms with E-state index >= 15 is 0 Å². The first-order valence-corrected chi connectivity index (χ1v) is 7.94. The summed E-state index contributed by atoms with van der Waals surface area (Å²) in [5.74, 6) is 3.55. The van der Waals surface area contributed by atoms with Crippen LogP contribution in [-0.2, 0) is 4.79 Å². The lowest BCUT2D eigenvalue weighted by Gasteiger charge is -2.22. The second-order valence-electron chi connectivity index (χ2n) is 3.63. The maximum absolute atomic E-state index is 11.5. The van der Waals surface area contributed by atoms with E-state index in [1.54, 1.807) is 0 Å². The predicted octanol–water partition coefficient (Wildman–Crippen LogP) is 0.951. The Morgan fingerprint density at radius 1 is 1.67 bits per heavy atom. The van der Waals surface area contributed by atoms with Crippen LogP contribution in [0.4, 0.5) is 0 Å². The van der Waals surface area contributed by atoms with E-state index in [-0.39, 0.29) is 5.91 Å². The van der Waals surface area contributed by atoms with Crippen molar-refractivity contribution in [3.05, 3.63) is 0 Å². The van der Waals surface area contributed by atoms with Gasteiger partial charge in [-0.25, -0.2) is 0 Å². The summed E-state index contributed by atoms with van der Waals surface area (Å²) in [5, 5.41) is 6.33. The van der Waals surface area contributed by atoms with Crippen LogP contribution in [0.5, 0.6) is 0 Å². The Morgan fingerprint density at radius 2 is 2.53 bits per heavy atom. The monoisotopic (exact) mass is 248 g/mol. The van der Waals surface area contributed by atoms with Crippen LogP contribution in [0, 0.1) is 0 Å². The van der Waals surface area contributed by atoms with Crippen LogP contribution < -0.4 is 10.6 Å². The summed E-state index contributed by atoms with van der Waals surface area (Å²) < 4.78 is 0. The van der Waals surface area contributed by atoms with Crippen molar-refractivity contribution in [3.63, 3.8) is 0 Å². The van der Waals surface area contributed by atoms with Gasteiger partial charge in [0.1, 0.15) is 0 Å². The summed E-state index contributed by atoms with van der Waals surface area (Å²) >= 11 is 3.75. The maximum atomic E-state index is 11.5. The fourth-order valence-electron chi connectivity index (χ4n) is 1.49. The van der Waals surface area contributed by atoms with Gasteiger partial charge in [0.2, 0.25) is 5.91 Å². The van der Waals surface area contributed by atoms with Crippen LogP contribution in [0.1, 0.15) is 12.8 Å². The van der Waals surface area contributed by atoms with Gasteiger partial charge in [0.25, 0.3) is 0 Å². The molecule has 1 unspecified atom stereocenters. The average Bonchev–Trinajstić information content (AvgIpc) is 2.26. The van der Waals surface area contributed by atoms with Crippen molar-refractivity contribution in [3.8, 4) is 0 Å². The molecule has 0 saturated carbocycles. The molecule has 2 N–H and O–H groups in total. The Bertz CT molecular complexity index is 184. The van der Waals surface area contributed by atoms with Crippen LogP contribution >= 0.6 is 23.5 Å². The van der Waals surface area contributed by atoms with Gasteiger partial charge in [0, 0.05) is 37.1 Å². The smallest absolute Gasteiger partial charge is 0.221 e. The Hall–Kier alpha value is 0.130. The fraction of sp³-hybridized carbons (Fsp3) is 0.900.